The first-order chi connectivity index (χ1) is 17.7. The number of rotatable bonds is 6. The lowest BCUT2D eigenvalue weighted by molar-refractivity contribution is -0.274. The van der Waals surface area contributed by atoms with Crippen molar-refractivity contribution in [2.45, 2.75) is 24.6 Å². The van der Waals surface area contributed by atoms with Crippen LogP contribution in [0.15, 0.2) is 48.5 Å². The number of pyridine rings is 1. The summed E-state index contributed by atoms with van der Waals surface area (Å²) in [5.74, 6) is -3.20. The van der Waals surface area contributed by atoms with Crippen molar-refractivity contribution in [2.24, 2.45) is 0 Å². The molecule has 0 aliphatic carbocycles. The van der Waals surface area contributed by atoms with E-state index in [0.717, 1.165) is 12.1 Å². The second-order valence-electron chi connectivity index (χ2n) is 8.49. The Balaban J connectivity index is 1.67. The topological polar surface area (TPSA) is 109 Å². The Kier molecular flexibility index (Phi) is 7.21. The van der Waals surface area contributed by atoms with Gasteiger partial charge in [-0.3, -0.25) is 4.79 Å². The molecule has 2 aromatic carbocycles. The number of hydrogen-bond acceptors (Lipinski definition) is 6. The van der Waals surface area contributed by atoms with Gasteiger partial charge >= 0.3 is 12.1 Å². The summed E-state index contributed by atoms with van der Waals surface area (Å²) in [6, 6.07) is 9.70. The second kappa shape index (κ2) is 9.97. The molecule has 0 saturated heterocycles. The van der Waals surface area contributed by atoms with Crippen LogP contribution in [0.3, 0.4) is 0 Å². The molecule has 0 fully saturated rings. The number of aliphatic hydroxyl groups is 1. The van der Waals surface area contributed by atoms with Gasteiger partial charge in [0.05, 0.1) is 11.3 Å². The SMILES string of the molecule is CC(c1ccc(Oc2ccc(C(=O)O)c(Cl)n2)cc1Cl)C(O)(c1ccc2c(c1)OCC(=O)N2C)C(F)(F)F. The highest BCUT2D eigenvalue weighted by Gasteiger charge is 2.59. The molecule has 0 saturated carbocycles. The summed E-state index contributed by atoms with van der Waals surface area (Å²) in [6.45, 7) is 0.830. The van der Waals surface area contributed by atoms with E-state index in [1.807, 2.05) is 0 Å². The van der Waals surface area contributed by atoms with Crippen molar-refractivity contribution in [3.63, 3.8) is 0 Å². The van der Waals surface area contributed by atoms with Crippen LogP contribution in [-0.2, 0) is 10.4 Å². The average molecular weight is 571 g/mol. The lowest BCUT2D eigenvalue weighted by atomic mass is 9.77. The van der Waals surface area contributed by atoms with Gasteiger partial charge in [0.25, 0.3) is 5.91 Å². The molecule has 2 N–H and O–H groups in total. The van der Waals surface area contributed by atoms with Crippen LogP contribution < -0.4 is 14.4 Å². The highest BCUT2D eigenvalue weighted by atomic mass is 35.5. The summed E-state index contributed by atoms with van der Waals surface area (Å²) in [5.41, 5.74) is -3.87. The molecule has 0 bridgehead atoms. The molecule has 38 heavy (non-hydrogen) atoms. The van der Waals surface area contributed by atoms with E-state index in [4.69, 9.17) is 37.8 Å². The van der Waals surface area contributed by atoms with Gasteiger partial charge < -0.3 is 24.6 Å². The summed E-state index contributed by atoms with van der Waals surface area (Å²) in [7, 11) is 1.47. The molecule has 2 unspecified atom stereocenters. The predicted molar refractivity (Wildman–Crippen MR) is 131 cm³/mol. The number of carboxylic acids is 1. The molecule has 2 heterocycles. The van der Waals surface area contributed by atoms with Crippen molar-refractivity contribution in [1.29, 1.82) is 0 Å². The zero-order valence-electron chi connectivity index (χ0n) is 19.7. The summed E-state index contributed by atoms with van der Waals surface area (Å²) in [6.07, 6.45) is -5.12. The Labute approximate surface area is 224 Å². The number of carbonyl (C=O) groups is 2. The van der Waals surface area contributed by atoms with Crippen LogP contribution >= 0.6 is 23.2 Å². The fourth-order valence-electron chi connectivity index (χ4n) is 4.08. The zero-order valence-corrected chi connectivity index (χ0v) is 21.2. The number of fused-ring (bicyclic) bond motifs is 1. The number of aromatic carboxylic acids is 1. The number of halogens is 5. The van der Waals surface area contributed by atoms with Gasteiger partial charge in [-0.05, 0) is 41.5 Å². The highest BCUT2D eigenvalue weighted by molar-refractivity contribution is 6.32. The normalized spacial score (nSPS) is 15.8. The van der Waals surface area contributed by atoms with Crippen molar-refractivity contribution in [2.75, 3.05) is 18.6 Å². The summed E-state index contributed by atoms with van der Waals surface area (Å²) < 4.78 is 54.1. The van der Waals surface area contributed by atoms with Gasteiger partial charge in [-0.2, -0.15) is 13.2 Å². The van der Waals surface area contributed by atoms with Crippen molar-refractivity contribution < 1.29 is 42.4 Å². The van der Waals surface area contributed by atoms with Gasteiger partial charge in [0, 0.05) is 24.1 Å². The molecule has 1 aromatic heterocycles. The first-order valence-corrected chi connectivity index (χ1v) is 11.7. The fourth-order valence-corrected chi connectivity index (χ4v) is 4.64. The lowest BCUT2D eigenvalue weighted by Crippen LogP contribution is -2.46. The van der Waals surface area contributed by atoms with Gasteiger partial charge in [-0.25, -0.2) is 9.78 Å². The van der Waals surface area contributed by atoms with Crippen LogP contribution in [0.1, 0.15) is 34.3 Å². The van der Waals surface area contributed by atoms with E-state index >= 15 is 0 Å². The van der Waals surface area contributed by atoms with E-state index in [1.165, 1.54) is 55.3 Å². The number of carbonyl (C=O) groups excluding carboxylic acids is 1. The Hall–Kier alpha value is -3.54. The minimum absolute atomic E-state index is 0.0226. The summed E-state index contributed by atoms with van der Waals surface area (Å²) >= 11 is 12.2. The van der Waals surface area contributed by atoms with Gasteiger partial charge in [0.2, 0.25) is 5.88 Å². The Morgan fingerprint density at radius 3 is 2.47 bits per heavy atom. The number of nitrogens with zero attached hydrogens (tertiary/aromatic N) is 2. The fraction of sp³-hybridized carbons (Fsp3) is 0.240. The molecule has 3 aromatic rings. The smallest absolute Gasteiger partial charge is 0.422 e. The molecular weight excluding hydrogens is 552 g/mol. The van der Waals surface area contributed by atoms with Gasteiger partial charge in [0.1, 0.15) is 16.7 Å². The van der Waals surface area contributed by atoms with Crippen LogP contribution in [-0.4, -0.2) is 46.9 Å². The molecule has 0 spiro atoms. The van der Waals surface area contributed by atoms with Crippen LogP contribution in [0.2, 0.25) is 10.2 Å². The Morgan fingerprint density at radius 1 is 1.16 bits per heavy atom. The third kappa shape index (κ3) is 4.84. The van der Waals surface area contributed by atoms with Gasteiger partial charge in [0.15, 0.2) is 12.2 Å². The maximum atomic E-state index is 14.4. The third-order valence-corrected chi connectivity index (χ3v) is 6.88. The van der Waals surface area contributed by atoms with E-state index in [1.54, 1.807) is 0 Å². The molecule has 4 rings (SSSR count). The molecule has 2 atom stereocenters. The number of benzene rings is 2. The van der Waals surface area contributed by atoms with Crippen molar-refractivity contribution in [1.82, 2.24) is 4.98 Å². The summed E-state index contributed by atoms with van der Waals surface area (Å²) in [5, 5.41) is 19.8. The van der Waals surface area contributed by atoms with E-state index in [2.05, 4.69) is 4.98 Å². The molecule has 1 aliphatic heterocycles. The highest BCUT2D eigenvalue weighted by Crippen LogP contribution is 2.51. The predicted octanol–water partition coefficient (Wildman–Crippen LogP) is 5.79. The molecule has 1 aliphatic rings. The van der Waals surface area contributed by atoms with Crippen LogP contribution in [0, 0.1) is 0 Å². The lowest BCUT2D eigenvalue weighted by Gasteiger charge is -2.38. The van der Waals surface area contributed by atoms with Crippen LogP contribution in [0.4, 0.5) is 18.9 Å². The minimum Gasteiger partial charge on any atom is -0.482 e. The first-order valence-electron chi connectivity index (χ1n) is 10.9. The van der Waals surface area contributed by atoms with Gasteiger partial charge in [-0.1, -0.05) is 42.3 Å². The third-order valence-electron chi connectivity index (χ3n) is 6.26. The molecule has 0 radical (unpaired) electrons. The number of ether oxygens (including phenoxy) is 2. The maximum absolute atomic E-state index is 14.4. The van der Waals surface area contributed by atoms with Crippen molar-refractivity contribution >= 4 is 40.8 Å². The number of amides is 1. The van der Waals surface area contributed by atoms with E-state index in [-0.39, 0.29) is 56.9 Å². The molecule has 13 heteroatoms. The number of aromatic nitrogens is 1. The monoisotopic (exact) mass is 570 g/mol. The van der Waals surface area contributed by atoms with Crippen LogP contribution in [0.5, 0.6) is 17.4 Å². The Morgan fingerprint density at radius 2 is 1.87 bits per heavy atom. The number of carboxylic acid groups (broad SMARTS) is 1. The number of hydrogen-bond donors (Lipinski definition) is 2. The summed E-state index contributed by atoms with van der Waals surface area (Å²) in [4.78, 5) is 28.0. The van der Waals surface area contributed by atoms with E-state index in [0.29, 0.717) is 0 Å². The standard InChI is InChI=1S/C25H19Cl2F3N2O6/c1-12(15-5-4-14(10-17(15)26)38-20-8-6-16(23(34)35)22(27)31-20)24(36,25(28,29)30)13-3-7-18-19(9-13)37-11-21(33)32(18)2/h3-10,12,36H,11H2,1-2H3,(H,34,35). The Bertz CT molecular complexity index is 1430. The second-order valence-corrected chi connectivity index (χ2v) is 9.25. The average Bonchev–Trinajstić information content (AvgIpc) is 2.84. The van der Waals surface area contributed by atoms with Gasteiger partial charge in [-0.15, -0.1) is 0 Å². The van der Waals surface area contributed by atoms with Crippen molar-refractivity contribution in [3.8, 4) is 17.4 Å². The zero-order chi connectivity index (χ0) is 28.0. The molecule has 1 amide bonds. The number of likely N-dealkylation sites (N-methyl/N-ethyl adjacent to an activating group) is 1. The van der Waals surface area contributed by atoms with Crippen molar-refractivity contribution in [3.05, 3.63) is 75.4 Å². The molecular formula is C25H19Cl2F3N2O6. The van der Waals surface area contributed by atoms with E-state index < -0.39 is 29.2 Å². The maximum Gasteiger partial charge on any atom is 0.422 e. The number of alkyl halides is 3. The molecule has 8 nitrogen and oxygen atoms in total. The van der Waals surface area contributed by atoms with Crippen LogP contribution in [0.25, 0.3) is 0 Å². The van der Waals surface area contributed by atoms with E-state index in [9.17, 15) is 27.9 Å². The molecule has 200 valence electrons. The quantitative estimate of drug-likeness (QED) is 0.361. The minimum atomic E-state index is -5.12. The first kappa shape index (κ1) is 27.5. The number of anilines is 1. The largest absolute Gasteiger partial charge is 0.482 e.